The molecule has 0 aliphatic heterocycles. The highest BCUT2D eigenvalue weighted by molar-refractivity contribution is 5.32. The summed E-state index contributed by atoms with van der Waals surface area (Å²) in [6.45, 7) is 0. The van der Waals surface area contributed by atoms with Crippen molar-refractivity contribution in [2.45, 2.75) is 6.42 Å². The van der Waals surface area contributed by atoms with Crippen molar-refractivity contribution in [3.8, 4) is 0 Å². The molecule has 0 saturated heterocycles. The lowest BCUT2D eigenvalue weighted by atomic mass is 10.1. The van der Waals surface area contributed by atoms with Gasteiger partial charge in [0.15, 0.2) is 0 Å². The van der Waals surface area contributed by atoms with Crippen LogP contribution in [0.5, 0.6) is 0 Å². The second-order valence-electron chi connectivity index (χ2n) is 3.38. The lowest BCUT2D eigenvalue weighted by Crippen LogP contribution is -2.01. The minimum Gasteiger partial charge on any atom is -0.373 e. The van der Waals surface area contributed by atoms with E-state index in [-0.39, 0.29) is 5.82 Å². The van der Waals surface area contributed by atoms with Gasteiger partial charge in [-0.3, -0.25) is 0 Å². The predicted octanol–water partition coefficient (Wildman–Crippen LogP) is 2.25. The Kier molecular flexibility index (Phi) is 3.10. The van der Waals surface area contributed by atoms with Crippen molar-refractivity contribution in [1.29, 1.82) is 0 Å². The molecular weight excluding hydrogens is 205 g/mol. The van der Waals surface area contributed by atoms with Gasteiger partial charge in [-0.05, 0) is 17.7 Å². The van der Waals surface area contributed by atoms with Crippen molar-refractivity contribution in [2.24, 2.45) is 0 Å². The first-order chi connectivity index (χ1) is 7.79. The van der Waals surface area contributed by atoms with Gasteiger partial charge in [-0.1, -0.05) is 18.2 Å². The van der Waals surface area contributed by atoms with Gasteiger partial charge in [0.1, 0.15) is 17.5 Å². The largest absolute Gasteiger partial charge is 0.373 e. The molecule has 0 fully saturated rings. The normalized spacial score (nSPS) is 10.1. The lowest BCUT2D eigenvalue weighted by Gasteiger charge is -2.03. The smallest absolute Gasteiger partial charge is 0.135 e. The second kappa shape index (κ2) is 4.70. The van der Waals surface area contributed by atoms with Gasteiger partial charge in [0.25, 0.3) is 0 Å². The summed E-state index contributed by atoms with van der Waals surface area (Å²) in [5, 5.41) is 2.92. The van der Waals surface area contributed by atoms with E-state index < -0.39 is 0 Å². The maximum atomic E-state index is 13.4. The van der Waals surface area contributed by atoms with Crippen LogP contribution in [0.25, 0.3) is 0 Å². The van der Waals surface area contributed by atoms with Gasteiger partial charge < -0.3 is 5.32 Å². The second-order valence-corrected chi connectivity index (χ2v) is 3.38. The summed E-state index contributed by atoms with van der Waals surface area (Å²) in [5.74, 6) is 1.12. The molecule has 2 rings (SSSR count). The average Bonchev–Trinajstić information content (AvgIpc) is 2.32. The molecule has 0 saturated carbocycles. The van der Waals surface area contributed by atoms with Crippen LogP contribution in [0.15, 0.2) is 36.5 Å². The third-order valence-corrected chi connectivity index (χ3v) is 2.27. The summed E-state index contributed by atoms with van der Waals surface area (Å²) >= 11 is 0. The fraction of sp³-hybridized carbons (Fsp3) is 0.167. The van der Waals surface area contributed by atoms with Gasteiger partial charge >= 0.3 is 0 Å². The van der Waals surface area contributed by atoms with Crippen LogP contribution in [-0.4, -0.2) is 17.0 Å². The maximum absolute atomic E-state index is 13.4. The zero-order chi connectivity index (χ0) is 11.4. The molecule has 0 amide bonds. The topological polar surface area (TPSA) is 37.8 Å². The molecule has 1 N–H and O–H groups in total. The Morgan fingerprint density at radius 1 is 1.25 bits per heavy atom. The van der Waals surface area contributed by atoms with E-state index in [1.807, 2.05) is 0 Å². The van der Waals surface area contributed by atoms with Gasteiger partial charge in [-0.15, -0.1) is 0 Å². The SMILES string of the molecule is CNc1ccnc(Cc2ccccc2F)n1. The number of nitrogens with zero attached hydrogens (tertiary/aromatic N) is 2. The zero-order valence-electron chi connectivity index (χ0n) is 8.94. The molecule has 2 aromatic rings. The molecule has 3 nitrogen and oxygen atoms in total. The third kappa shape index (κ3) is 2.34. The first kappa shape index (κ1) is 10.5. The quantitative estimate of drug-likeness (QED) is 0.856. The molecule has 16 heavy (non-hydrogen) atoms. The molecule has 0 radical (unpaired) electrons. The number of hydrogen-bond acceptors (Lipinski definition) is 3. The van der Waals surface area contributed by atoms with Crippen molar-refractivity contribution >= 4 is 5.82 Å². The van der Waals surface area contributed by atoms with E-state index in [2.05, 4.69) is 15.3 Å². The van der Waals surface area contributed by atoms with E-state index in [1.54, 1.807) is 37.5 Å². The summed E-state index contributed by atoms with van der Waals surface area (Å²) < 4.78 is 13.4. The van der Waals surface area contributed by atoms with Crippen LogP contribution in [0.1, 0.15) is 11.4 Å². The molecule has 1 heterocycles. The number of rotatable bonds is 3. The maximum Gasteiger partial charge on any atom is 0.135 e. The van der Waals surface area contributed by atoms with Crippen molar-refractivity contribution < 1.29 is 4.39 Å². The Labute approximate surface area is 93.4 Å². The molecule has 0 atom stereocenters. The summed E-state index contributed by atoms with van der Waals surface area (Å²) in [6, 6.07) is 8.43. The lowest BCUT2D eigenvalue weighted by molar-refractivity contribution is 0.612. The number of hydrogen-bond donors (Lipinski definition) is 1. The van der Waals surface area contributed by atoms with Gasteiger partial charge in [0.05, 0.1) is 0 Å². The van der Waals surface area contributed by atoms with Crippen molar-refractivity contribution in [2.75, 3.05) is 12.4 Å². The number of benzene rings is 1. The van der Waals surface area contributed by atoms with Gasteiger partial charge in [0.2, 0.25) is 0 Å². The predicted molar refractivity (Wildman–Crippen MR) is 60.8 cm³/mol. The Morgan fingerprint density at radius 3 is 2.81 bits per heavy atom. The fourth-order valence-electron chi connectivity index (χ4n) is 1.44. The van der Waals surface area contributed by atoms with Crippen molar-refractivity contribution in [1.82, 2.24) is 9.97 Å². The highest BCUT2D eigenvalue weighted by Gasteiger charge is 2.04. The van der Waals surface area contributed by atoms with E-state index in [0.29, 0.717) is 17.8 Å². The van der Waals surface area contributed by atoms with Gasteiger partial charge in [-0.25, -0.2) is 14.4 Å². The highest BCUT2D eigenvalue weighted by Crippen LogP contribution is 2.11. The van der Waals surface area contributed by atoms with Crippen LogP contribution in [-0.2, 0) is 6.42 Å². The molecule has 4 heteroatoms. The van der Waals surface area contributed by atoms with E-state index in [1.165, 1.54) is 6.07 Å². The van der Waals surface area contributed by atoms with Crippen LogP contribution in [0.4, 0.5) is 10.2 Å². The molecule has 0 unspecified atom stereocenters. The van der Waals surface area contributed by atoms with Crippen LogP contribution < -0.4 is 5.32 Å². The fourth-order valence-corrected chi connectivity index (χ4v) is 1.44. The van der Waals surface area contributed by atoms with E-state index in [9.17, 15) is 4.39 Å². The Balaban J connectivity index is 2.24. The molecule has 0 aliphatic carbocycles. The Bertz CT molecular complexity index is 485. The monoisotopic (exact) mass is 217 g/mol. The summed E-state index contributed by atoms with van der Waals surface area (Å²) in [6.07, 6.45) is 2.07. The van der Waals surface area contributed by atoms with E-state index >= 15 is 0 Å². The van der Waals surface area contributed by atoms with Crippen LogP contribution in [0, 0.1) is 5.82 Å². The van der Waals surface area contributed by atoms with Crippen LogP contribution >= 0.6 is 0 Å². The van der Waals surface area contributed by atoms with E-state index in [0.717, 1.165) is 5.82 Å². The molecular formula is C12H12FN3. The standard InChI is InChI=1S/C12H12FN3/c1-14-11-6-7-15-12(16-11)8-9-4-2-3-5-10(9)13/h2-7H,8H2,1H3,(H,14,15,16). The number of nitrogens with one attached hydrogen (secondary N) is 1. The number of anilines is 1. The molecule has 0 bridgehead atoms. The molecule has 0 aliphatic rings. The molecule has 82 valence electrons. The number of aromatic nitrogens is 2. The van der Waals surface area contributed by atoms with Gasteiger partial charge in [-0.2, -0.15) is 0 Å². The van der Waals surface area contributed by atoms with Crippen LogP contribution in [0.2, 0.25) is 0 Å². The highest BCUT2D eigenvalue weighted by atomic mass is 19.1. The molecule has 0 spiro atoms. The Hall–Kier alpha value is -1.97. The van der Waals surface area contributed by atoms with Crippen molar-refractivity contribution in [3.05, 3.63) is 53.7 Å². The average molecular weight is 217 g/mol. The minimum atomic E-state index is -0.221. The third-order valence-electron chi connectivity index (χ3n) is 2.27. The summed E-state index contributed by atoms with van der Waals surface area (Å²) in [5.41, 5.74) is 0.607. The van der Waals surface area contributed by atoms with Crippen LogP contribution in [0.3, 0.4) is 0 Å². The first-order valence-corrected chi connectivity index (χ1v) is 5.02. The zero-order valence-corrected chi connectivity index (χ0v) is 8.94. The minimum absolute atomic E-state index is 0.221. The van der Waals surface area contributed by atoms with Gasteiger partial charge in [0, 0.05) is 19.7 Å². The number of halogens is 1. The van der Waals surface area contributed by atoms with E-state index in [4.69, 9.17) is 0 Å². The molecule has 1 aromatic heterocycles. The summed E-state index contributed by atoms with van der Waals surface area (Å²) in [4.78, 5) is 8.34. The van der Waals surface area contributed by atoms with Crippen molar-refractivity contribution in [3.63, 3.8) is 0 Å². The summed E-state index contributed by atoms with van der Waals surface area (Å²) in [7, 11) is 1.79. The Morgan fingerprint density at radius 2 is 2.06 bits per heavy atom. The molecule has 1 aromatic carbocycles. The first-order valence-electron chi connectivity index (χ1n) is 5.02.